The third-order valence-electron chi connectivity index (χ3n) is 3.74. The molecule has 0 spiro atoms. The largest absolute Gasteiger partial charge is 0.496 e. The predicted octanol–water partition coefficient (Wildman–Crippen LogP) is 2.17. The first-order chi connectivity index (χ1) is 11.8. The Morgan fingerprint density at radius 1 is 1.12 bits per heavy atom. The molecule has 0 aliphatic carbocycles. The molecular formula is C18H22N2O4S. The number of anilines is 1. The average Bonchev–Trinajstić information content (AvgIpc) is 2.59. The van der Waals surface area contributed by atoms with Gasteiger partial charge in [0.2, 0.25) is 15.9 Å². The molecule has 0 saturated heterocycles. The van der Waals surface area contributed by atoms with E-state index in [0.717, 1.165) is 16.1 Å². The maximum atomic E-state index is 12.5. The lowest BCUT2D eigenvalue weighted by Crippen LogP contribution is -2.47. The average molecular weight is 362 g/mol. The molecule has 134 valence electrons. The number of hydrogen-bond acceptors (Lipinski definition) is 4. The molecule has 2 aromatic rings. The number of hydrogen-bond donors (Lipinski definition) is 1. The van der Waals surface area contributed by atoms with Crippen molar-refractivity contribution in [3.8, 4) is 5.75 Å². The molecule has 2 rings (SSSR count). The standard InChI is InChI=1S/C18H22N2O4S/c1-14(20(25(3,22)23)16-10-5-4-6-11-16)18(21)19-13-15-9-7-8-12-17(15)24-2/h4-12,14H,13H2,1-3H3,(H,19,21)/t14-/m0/s1. The van der Waals surface area contributed by atoms with Crippen LogP contribution in [0, 0.1) is 0 Å². The second-order valence-corrected chi connectivity index (χ2v) is 7.46. The van der Waals surface area contributed by atoms with E-state index in [9.17, 15) is 13.2 Å². The van der Waals surface area contributed by atoms with Gasteiger partial charge in [-0.2, -0.15) is 0 Å². The first-order valence-corrected chi connectivity index (χ1v) is 9.63. The fourth-order valence-corrected chi connectivity index (χ4v) is 3.74. The smallest absolute Gasteiger partial charge is 0.243 e. The zero-order valence-electron chi connectivity index (χ0n) is 14.5. The number of ether oxygens (including phenoxy) is 1. The third kappa shape index (κ3) is 4.73. The summed E-state index contributed by atoms with van der Waals surface area (Å²) in [7, 11) is -2.05. The molecule has 1 atom stereocenters. The molecule has 0 heterocycles. The van der Waals surface area contributed by atoms with Gasteiger partial charge in [0, 0.05) is 12.1 Å². The second kappa shape index (κ2) is 8.02. The Labute approximate surface area is 148 Å². The zero-order valence-corrected chi connectivity index (χ0v) is 15.3. The van der Waals surface area contributed by atoms with Gasteiger partial charge in [-0.25, -0.2) is 8.42 Å². The van der Waals surface area contributed by atoms with E-state index >= 15 is 0 Å². The van der Waals surface area contributed by atoms with Crippen LogP contribution in [0.4, 0.5) is 5.69 Å². The summed E-state index contributed by atoms with van der Waals surface area (Å²) in [6, 6.07) is 15.0. The van der Waals surface area contributed by atoms with Crippen molar-refractivity contribution in [1.82, 2.24) is 5.32 Å². The molecular weight excluding hydrogens is 340 g/mol. The summed E-state index contributed by atoms with van der Waals surface area (Å²) in [5.41, 5.74) is 1.26. The van der Waals surface area contributed by atoms with Crippen LogP contribution in [0.5, 0.6) is 5.75 Å². The molecule has 1 N–H and O–H groups in total. The highest BCUT2D eigenvalue weighted by molar-refractivity contribution is 7.92. The summed E-state index contributed by atoms with van der Waals surface area (Å²) in [5, 5.41) is 2.77. The molecule has 6 nitrogen and oxygen atoms in total. The molecule has 1 amide bonds. The Bertz CT molecular complexity index is 822. The summed E-state index contributed by atoms with van der Waals surface area (Å²) in [4.78, 5) is 12.5. The lowest BCUT2D eigenvalue weighted by Gasteiger charge is -2.28. The Hall–Kier alpha value is -2.54. The first-order valence-electron chi connectivity index (χ1n) is 7.78. The van der Waals surface area contributed by atoms with Gasteiger partial charge in [0.15, 0.2) is 0 Å². The number of carbonyl (C=O) groups is 1. The molecule has 25 heavy (non-hydrogen) atoms. The summed E-state index contributed by atoms with van der Waals surface area (Å²) in [6.45, 7) is 1.81. The minimum absolute atomic E-state index is 0.250. The highest BCUT2D eigenvalue weighted by Crippen LogP contribution is 2.21. The number of sulfonamides is 1. The van der Waals surface area contributed by atoms with Crippen LogP contribution < -0.4 is 14.4 Å². The van der Waals surface area contributed by atoms with Crippen LogP contribution in [0.15, 0.2) is 54.6 Å². The van der Waals surface area contributed by atoms with Crippen molar-refractivity contribution < 1.29 is 17.9 Å². The van der Waals surface area contributed by atoms with E-state index in [4.69, 9.17) is 4.74 Å². The fraction of sp³-hybridized carbons (Fsp3) is 0.278. The van der Waals surface area contributed by atoms with Crippen molar-refractivity contribution in [2.45, 2.75) is 19.5 Å². The Kier molecular flexibility index (Phi) is 6.03. The van der Waals surface area contributed by atoms with Crippen LogP contribution in [0.2, 0.25) is 0 Å². The molecule has 0 unspecified atom stereocenters. The van der Waals surface area contributed by atoms with Crippen molar-refractivity contribution in [3.63, 3.8) is 0 Å². The highest BCUT2D eigenvalue weighted by atomic mass is 32.2. The van der Waals surface area contributed by atoms with Gasteiger partial charge in [-0.15, -0.1) is 0 Å². The lowest BCUT2D eigenvalue weighted by atomic mass is 10.2. The Morgan fingerprint density at radius 2 is 1.72 bits per heavy atom. The maximum Gasteiger partial charge on any atom is 0.243 e. The summed E-state index contributed by atoms with van der Waals surface area (Å²) < 4.78 is 30.7. The van der Waals surface area contributed by atoms with Crippen LogP contribution >= 0.6 is 0 Å². The van der Waals surface area contributed by atoms with E-state index in [1.165, 1.54) is 0 Å². The molecule has 2 aromatic carbocycles. The van der Waals surface area contributed by atoms with Crippen LogP contribution in [-0.4, -0.2) is 33.7 Å². The van der Waals surface area contributed by atoms with Crippen LogP contribution in [0.3, 0.4) is 0 Å². The Morgan fingerprint density at radius 3 is 2.32 bits per heavy atom. The zero-order chi connectivity index (χ0) is 18.4. The van der Waals surface area contributed by atoms with Crippen LogP contribution in [0.25, 0.3) is 0 Å². The summed E-state index contributed by atoms with van der Waals surface area (Å²) in [6.07, 6.45) is 1.09. The fourth-order valence-electron chi connectivity index (χ4n) is 2.56. The number of para-hydroxylation sites is 2. The van der Waals surface area contributed by atoms with Crippen molar-refractivity contribution in [3.05, 3.63) is 60.2 Å². The van der Waals surface area contributed by atoms with E-state index in [1.54, 1.807) is 50.4 Å². The van der Waals surface area contributed by atoms with Gasteiger partial charge in [0.05, 0.1) is 19.1 Å². The minimum atomic E-state index is -3.61. The van der Waals surface area contributed by atoms with Gasteiger partial charge in [-0.1, -0.05) is 36.4 Å². The van der Waals surface area contributed by atoms with E-state index in [1.807, 2.05) is 18.2 Å². The third-order valence-corrected chi connectivity index (χ3v) is 4.99. The number of benzene rings is 2. The Balaban J connectivity index is 2.16. The van der Waals surface area contributed by atoms with Gasteiger partial charge in [0.25, 0.3) is 0 Å². The lowest BCUT2D eigenvalue weighted by molar-refractivity contribution is -0.122. The van der Waals surface area contributed by atoms with Crippen LogP contribution in [0.1, 0.15) is 12.5 Å². The summed E-state index contributed by atoms with van der Waals surface area (Å²) >= 11 is 0. The van der Waals surface area contributed by atoms with Gasteiger partial charge in [0.1, 0.15) is 11.8 Å². The maximum absolute atomic E-state index is 12.5. The number of methoxy groups -OCH3 is 1. The van der Waals surface area contributed by atoms with Gasteiger partial charge < -0.3 is 10.1 Å². The molecule has 0 aliphatic heterocycles. The van der Waals surface area contributed by atoms with Gasteiger partial charge >= 0.3 is 0 Å². The number of amides is 1. The molecule has 7 heteroatoms. The van der Waals surface area contributed by atoms with Crippen molar-refractivity contribution in [2.24, 2.45) is 0 Å². The van der Waals surface area contributed by atoms with E-state index in [0.29, 0.717) is 11.4 Å². The highest BCUT2D eigenvalue weighted by Gasteiger charge is 2.28. The number of nitrogens with one attached hydrogen (secondary N) is 1. The predicted molar refractivity (Wildman–Crippen MR) is 98.1 cm³/mol. The normalized spacial score (nSPS) is 12.3. The molecule has 0 fully saturated rings. The second-order valence-electron chi connectivity index (χ2n) is 5.60. The number of carbonyl (C=O) groups excluding carboxylic acids is 1. The van der Waals surface area contributed by atoms with Crippen LogP contribution in [-0.2, 0) is 21.4 Å². The SMILES string of the molecule is COc1ccccc1CNC(=O)[C@H](C)N(c1ccccc1)S(C)(=O)=O. The molecule has 0 aliphatic rings. The molecule has 0 radical (unpaired) electrons. The van der Waals surface area contributed by atoms with E-state index in [2.05, 4.69) is 5.32 Å². The summed E-state index contributed by atoms with van der Waals surface area (Å²) in [5.74, 6) is 0.277. The molecule has 0 aromatic heterocycles. The molecule has 0 bridgehead atoms. The number of nitrogens with zero attached hydrogens (tertiary/aromatic N) is 1. The van der Waals surface area contributed by atoms with Crippen molar-refractivity contribution in [2.75, 3.05) is 17.7 Å². The first kappa shape index (κ1) is 18.8. The van der Waals surface area contributed by atoms with E-state index in [-0.39, 0.29) is 12.5 Å². The van der Waals surface area contributed by atoms with E-state index < -0.39 is 16.1 Å². The van der Waals surface area contributed by atoms with Gasteiger partial charge in [-0.05, 0) is 25.1 Å². The van der Waals surface area contributed by atoms with Gasteiger partial charge in [-0.3, -0.25) is 9.10 Å². The molecule has 0 saturated carbocycles. The quantitative estimate of drug-likeness (QED) is 0.819. The minimum Gasteiger partial charge on any atom is -0.496 e. The number of rotatable bonds is 7. The monoisotopic (exact) mass is 362 g/mol. The van der Waals surface area contributed by atoms with Crippen molar-refractivity contribution in [1.29, 1.82) is 0 Å². The van der Waals surface area contributed by atoms with Crippen molar-refractivity contribution >= 4 is 21.6 Å². The topological polar surface area (TPSA) is 75.7 Å².